The number of nitrogens with zero attached hydrogens (tertiary/aromatic N) is 2. The number of hydrogen-bond donors (Lipinski definition) is 1. The Kier molecular flexibility index (Phi) is 8.47. The number of aliphatic hydroxyl groups is 1. The molecule has 4 heteroatoms. The molecular weight excluding hydrogens is 292 g/mol. The van der Waals surface area contributed by atoms with Gasteiger partial charge in [0.2, 0.25) is 0 Å². The van der Waals surface area contributed by atoms with Gasteiger partial charge in [0, 0.05) is 13.1 Å². The van der Waals surface area contributed by atoms with E-state index in [0.717, 1.165) is 13.1 Å². The maximum absolute atomic E-state index is 9.11. The average Bonchev–Trinajstić information content (AvgIpc) is 2.61. The van der Waals surface area contributed by atoms with Gasteiger partial charge in [-0.05, 0) is 13.5 Å². The summed E-state index contributed by atoms with van der Waals surface area (Å²) in [5, 5.41) is 9.11. The molecule has 1 rings (SSSR count). The van der Waals surface area contributed by atoms with Crippen molar-refractivity contribution in [3.05, 3.63) is 0 Å². The van der Waals surface area contributed by atoms with Crippen molar-refractivity contribution in [2.45, 2.75) is 63.0 Å². The molecule has 0 bridgehead atoms. The zero-order valence-corrected chi connectivity index (χ0v) is 13.5. The van der Waals surface area contributed by atoms with E-state index in [9.17, 15) is 0 Å². The molecule has 0 radical (unpaired) electrons. The van der Waals surface area contributed by atoms with Crippen LogP contribution in [0.5, 0.6) is 0 Å². The van der Waals surface area contributed by atoms with E-state index < -0.39 is 0 Å². The molecule has 1 aliphatic rings. The molecule has 1 heterocycles. The maximum Gasteiger partial charge on any atom is 0.0794 e. The molecule has 3 nitrogen and oxygen atoms in total. The van der Waals surface area contributed by atoms with Crippen LogP contribution in [-0.4, -0.2) is 52.8 Å². The number of aliphatic hydroxyl groups excluding tert-OH is 1. The summed E-state index contributed by atoms with van der Waals surface area (Å²) in [6.07, 6.45) is 9.85. The molecule has 1 fully saturated rings. The summed E-state index contributed by atoms with van der Waals surface area (Å²) in [6, 6.07) is 0. The van der Waals surface area contributed by atoms with Crippen LogP contribution in [0.25, 0.3) is 0 Å². The van der Waals surface area contributed by atoms with Crippen molar-refractivity contribution in [1.82, 2.24) is 9.80 Å². The Bertz CT molecular complexity index is 216. The van der Waals surface area contributed by atoms with Crippen molar-refractivity contribution in [2.24, 2.45) is 0 Å². The van der Waals surface area contributed by atoms with E-state index in [1.807, 2.05) is 0 Å². The van der Waals surface area contributed by atoms with E-state index in [4.69, 9.17) is 5.11 Å². The second kappa shape index (κ2) is 9.29. The fourth-order valence-corrected chi connectivity index (χ4v) is 3.40. The van der Waals surface area contributed by atoms with Crippen LogP contribution in [0.15, 0.2) is 0 Å². The van der Waals surface area contributed by atoms with Gasteiger partial charge in [0.25, 0.3) is 0 Å². The van der Waals surface area contributed by atoms with Gasteiger partial charge in [-0.3, -0.25) is 9.80 Å². The molecule has 2 atom stereocenters. The Morgan fingerprint density at radius 1 is 1.17 bits per heavy atom. The monoisotopic (exact) mass is 320 g/mol. The fraction of sp³-hybridized carbons (Fsp3) is 1.00. The molecule has 0 aliphatic carbocycles. The highest BCUT2D eigenvalue weighted by Crippen LogP contribution is 2.26. The Labute approximate surface area is 121 Å². The molecule has 0 aromatic carbocycles. The van der Waals surface area contributed by atoms with Crippen LogP contribution in [0, 0.1) is 0 Å². The molecule has 0 aromatic rings. The largest absolute Gasteiger partial charge is 0.395 e. The maximum atomic E-state index is 9.11. The topological polar surface area (TPSA) is 26.7 Å². The minimum atomic E-state index is 0.264. The van der Waals surface area contributed by atoms with Crippen LogP contribution in [-0.2, 0) is 0 Å². The second-order valence-electron chi connectivity index (χ2n) is 5.36. The minimum absolute atomic E-state index is 0.264. The normalized spacial score (nSPS) is 26.0. The van der Waals surface area contributed by atoms with Crippen LogP contribution >= 0.6 is 15.9 Å². The number of halogens is 1. The van der Waals surface area contributed by atoms with Gasteiger partial charge < -0.3 is 5.11 Å². The standard InChI is InChI=1S/C14H29BrN2O/c1-3-4-5-6-7-8-9-14-16(2)13(15)12-17(14)10-11-18/h13-14,18H,3-12H2,1-2H3. The first-order chi connectivity index (χ1) is 8.70. The molecule has 0 saturated carbocycles. The summed E-state index contributed by atoms with van der Waals surface area (Å²) in [6.45, 7) is 4.35. The van der Waals surface area contributed by atoms with Crippen molar-refractivity contribution >= 4 is 15.9 Å². The number of hydrogen-bond acceptors (Lipinski definition) is 3. The highest BCUT2D eigenvalue weighted by molar-refractivity contribution is 9.09. The molecule has 108 valence electrons. The van der Waals surface area contributed by atoms with Crippen molar-refractivity contribution < 1.29 is 5.11 Å². The van der Waals surface area contributed by atoms with Gasteiger partial charge in [-0.15, -0.1) is 0 Å². The Morgan fingerprint density at radius 2 is 1.83 bits per heavy atom. The number of alkyl halides is 1. The average molecular weight is 321 g/mol. The van der Waals surface area contributed by atoms with E-state index in [1.165, 1.54) is 44.9 Å². The SMILES string of the molecule is CCCCCCCCC1N(CCO)CC(Br)N1C. The summed E-state index contributed by atoms with van der Waals surface area (Å²) in [7, 11) is 2.18. The Morgan fingerprint density at radius 3 is 2.50 bits per heavy atom. The lowest BCUT2D eigenvalue weighted by Crippen LogP contribution is -2.38. The Balaban J connectivity index is 2.21. The lowest BCUT2D eigenvalue weighted by molar-refractivity contribution is 0.119. The van der Waals surface area contributed by atoms with Gasteiger partial charge >= 0.3 is 0 Å². The second-order valence-corrected chi connectivity index (χ2v) is 6.41. The van der Waals surface area contributed by atoms with Gasteiger partial charge in [0.15, 0.2) is 0 Å². The minimum Gasteiger partial charge on any atom is -0.395 e. The lowest BCUT2D eigenvalue weighted by Gasteiger charge is -2.27. The molecule has 0 amide bonds. The molecular formula is C14H29BrN2O. The third-order valence-electron chi connectivity index (χ3n) is 3.92. The molecule has 2 unspecified atom stereocenters. The van der Waals surface area contributed by atoms with Crippen molar-refractivity contribution in [3.8, 4) is 0 Å². The van der Waals surface area contributed by atoms with Crippen molar-refractivity contribution in [3.63, 3.8) is 0 Å². The quantitative estimate of drug-likeness (QED) is 0.402. The fourth-order valence-electron chi connectivity index (χ4n) is 2.75. The van der Waals surface area contributed by atoms with Crippen LogP contribution in [0.2, 0.25) is 0 Å². The first-order valence-electron chi connectivity index (χ1n) is 7.41. The summed E-state index contributed by atoms with van der Waals surface area (Å²) in [4.78, 5) is 5.22. The molecule has 0 spiro atoms. The molecule has 1 saturated heterocycles. The highest BCUT2D eigenvalue weighted by Gasteiger charge is 2.34. The predicted molar refractivity (Wildman–Crippen MR) is 80.9 cm³/mol. The third kappa shape index (κ3) is 5.16. The van der Waals surface area contributed by atoms with E-state index in [1.54, 1.807) is 0 Å². The van der Waals surface area contributed by atoms with E-state index in [-0.39, 0.29) is 6.61 Å². The number of rotatable bonds is 9. The van der Waals surface area contributed by atoms with Crippen LogP contribution in [0.1, 0.15) is 51.9 Å². The zero-order valence-electron chi connectivity index (χ0n) is 11.9. The van der Waals surface area contributed by atoms with E-state index in [0.29, 0.717) is 11.1 Å². The summed E-state index contributed by atoms with van der Waals surface area (Å²) >= 11 is 3.70. The summed E-state index contributed by atoms with van der Waals surface area (Å²) in [5.74, 6) is 0. The van der Waals surface area contributed by atoms with Gasteiger partial charge in [0.05, 0.1) is 17.7 Å². The van der Waals surface area contributed by atoms with Gasteiger partial charge in [-0.25, -0.2) is 0 Å². The third-order valence-corrected chi connectivity index (χ3v) is 4.86. The van der Waals surface area contributed by atoms with Crippen LogP contribution in [0.4, 0.5) is 0 Å². The number of unbranched alkanes of at least 4 members (excludes halogenated alkanes) is 5. The molecule has 1 aliphatic heterocycles. The van der Waals surface area contributed by atoms with E-state index >= 15 is 0 Å². The summed E-state index contributed by atoms with van der Waals surface area (Å²) < 4.78 is 0. The van der Waals surface area contributed by atoms with E-state index in [2.05, 4.69) is 39.7 Å². The molecule has 0 aromatic heterocycles. The van der Waals surface area contributed by atoms with Crippen LogP contribution in [0.3, 0.4) is 0 Å². The molecule has 18 heavy (non-hydrogen) atoms. The summed E-state index contributed by atoms with van der Waals surface area (Å²) in [5.41, 5.74) is 0. The van der Waals surface area contributed by atoms with Gasteiger partial charge in [-0.1, -0.05) is 61.4 Å². The first kappa shape index (κ1) is 16.4. The number of likely N-dealkylation sites (N-methyl/N-ethyl adjacent to an activating group) is 1. The van der Waals surface area contributed by atoms with Crippen molar-refractivity contribution in [1.29, 1.82) is 0 Å². The molecule has 1 N–H and O–H groups in total. The predicted octanol–water partition coefficient (Wildman–Crippen LogP) is 3.02. The smallest absolute Gasteiger partial charge is 0.0794 e. The Hall–Kier alpha value is 0.360. The first-order valence-corrected chi connectivity index (χ1v) is 8.33. The lowest BCUT2D eigenvalue weighted by atomic mass is 10.1. The van der Waals surface area contributed by atoms with Gasteiger partial charge in [0.1, 0.15) is 0 Å². The van der Waals surface area contributed by atoms with Gasteiger partial charge in [-0.2, -0.15) is 0 Å². The zero-order chi connectivity index (χ0) is 13.4. The highest BCUT2D eigenvalue weighted by atomic mass is 79.9. The van der Waals surface area contributed by atoms with Crippen molar-refractivity contribution in [2.75, 3.05) is 26.7 Å². The number of β-amino-alcohol motifs (C(OH)–C–C–N with tert-alkyl or cyclic N) is 1. The van der Waals surface area contributed by atoms with Crippen LogP contribution < -0.4 is 0 Å².